The van der Waals surface area contributed by atoms with Crippen LogP contribution in [0.3, 0.4) is 0 Å². The molecule has 2 N–H and O–H groups in total. The van der Waals surface area contributed by atoms with Gasteiger partial charge in [0, 0.05) is 12.3 Å². The van der Waals surface area contributed by atoms with Crippen molar-refractivity contribution in [1.29, 1.82) is 0 Å². The summed E-state index contributed by atoms with van der Waals surface area (Å²) in [5.74, 6) is 0. The molecule has 0 radical (unpaired) electrons. The lowest BCUT2D eigenvalue weighted by Gasteiger charge is -2.16. The molecule has 0 unspecified atom stereocenters. The molecule has 0 aliphatic rings. The molecule has 2 rings (SSSR count). The first-order valence-electron chi connectivity index (χ1n) is 7.27. The molecule has 6 heteroatoms. The van der Waals surface area contributed by atoms with Gasteiger partial charge in [0.05, 0.1) is 42.2 Å². The Hall–Kier alpha value is -2.21. The van der Waals surface area contributed by atoms with E-state index in [1.54, 1.807) is 24.4 Å². The minimum atomic E-state index is -0.367. The van der Waals surface area contributed by atoms with E-state index in [0.717, 1.165) is 31.9 Å². The number of benzene rings is 1. The minimum Gasteiger partial charge on any atom is -0.378 e. The molecule has 0 aliphatic heterocycles. The molecule has 0 bridgehead atoms. The molecule has 0 fully saturated rings. The van der Waals surface area contributed by atoms with Crippen LogP contribution in [0.25, 0.3) is 10.9 Å². The second kappa shape index (κ2) is 6.99. The van der Waals surface area contributed by atoms with Gasteiger partial charge in [-0.05, 0) is 32.0 Å². The van der Waals surface area contributed by atoms with Crippen LogP contribution in [0.2, 0.25) is 0 Å². The molecule has 0 atom stereocenters. The van der Waals surface area contributed by atoms with Crippen LogP contribution in [-0.2, 0) is 0 Å². The first-order chi connectivity index (χ1) is 10.2. The fourth-order valence-electron chi connectivity index (χ4n) is 2.44. The topological polar surface area (TPSA) is 72.5 Å². The molecule has 0 saturated carbocycles. The number of hydrogen-bond acceptors (Lipinski definition) is 4. The van der Waals surface area contributed by atoms with E-state index in [1.165, 1.54) is 11.0 Å². The van der Waals surface area contributed by atoms with Crippen molar-refractivity contribution in [3.63, 3.8) is 0 Å². The third-order valence-corrected chi connectivity index (χ3v) is 3.74. The molecule has 21 heavy (non-hydrogen) atoms. The highest BCUT2D eigenvalue weighted by Crippen LogP contribution is 2.29. The zero-order valence-electron chi connectivity index (χ0n) is 12.4. The predicted molar refractivity (Wildman–Crippen MR) is 83.8 cm³/mol. The molecule has 112 valence electrons. The normalized spacial score (nSPS) is 11.0. The molecule has 2 aromatic rings. The number of aromatic nitrogens is 1. The Morgan fingerprint density at radius 1 is 1.29 bits per heavy atom. The van der Waals surface area contributed by atoms with Crippen molar-refractivity contribution >= 4 is 22.3 Å². The zero-order chi connectivity index (χ0) is 15.2. The Kier molecular flexibility index (Phi) is 5.05. The number of likely N-dealkylation sites (N-methyl/N-ethyl adjacent to an activating group) is 1. The number of anilines is 1. The average Bonchev–Trinajstić information content (AvgIpc) is 2.51. The van der Waals surface area contributed by atoms with E-state index in [2.05, 4.69) is 24.1 Å². The lowest BCUT2D eigenvalue weighted by Crippen LogP contribution is -3.12. The number of quaternary nitrogens is 1. The minimum absolute atomic E-state index is 0.0954. The number of nitrogens with one attached hydrogen (secondary N) is 2. The Morgan fingerprint density at radius 3 is 2.71 bits per heavy atom. The van der Waals surface area contributed by atoms with E-state index in [-0.39, 0.29) is 10.6 Å². The van der Waals surface area contributed by atoms with Gasteiger partial charge in [-0.2, -0.15) is 0 Å². The largest absolute Gasteiger partial charge is 0.378 e. The van der Waals surface area contributed by atoms with E-state index in [0.29, 0.717) is 10.9 Å². The number of fused-ring (bicyclic) bond motifs is 1. The van der Waals surface area contributed by atoms with E-state index >= 15 is 0 Å². The third kappa shape index (κ3) is 3.46. The molecule has 6 nitrogen and oxygen atoms in total. The van der Waals surface area contributed by atoms with Crippen molar-refractivity contribution in [3.8, 4) is 0 Å². The number of nitrogens with zero attached hydrogens (tertiary/aromatic N) is 2. The van der Waals surface area contributed by atoms with Crippen LogP contribution in [0.5, 0.6) is 0 Å². The smallest absolute Gasteiger partial charge is 0.278 e. The first kappa shape index (κ1) is 15.2. The molecule has 0 amide bonds. The predicted octanol–water partition coefficient (Wildman–Crippen LogP) is 1.48. The van der Waals surface area contributed by atoms with E-state index in [9.17, 15) is 10.1 Å². The Labute approximate surface area is 123 Å². The van der Waals surface area contributed by atoms with Gasteiger partial charge < -0.3 is 10.2 Å². The van der Waals surface area contributed by atoms with Crippen molar-refractivity contribution < 1.29 is 9.82 Å². The number of rotatable bonds is 7. The maximum absolute atomic E-state index is 11.1. The van der Waals surface area contributed by atoms with Gasteiger partial charge in [-0.15, -0.1) is 0 Å². The molecule has 0 saturated heterocycles. The van der Waals surface area contributed by atoms with Crippen LogP contribution in [0.15, 0.2) is 30.5 Å². The van der Waals surface area contributed by atoms with Gasteiger partial charge in [-0.1, -0.05) is 0 Å². The third-order valence-electron chi connectivity index (χ3n) is 3.74. The van der Waals surface area contributed by atoms with Crippen LogP contribution in [-0.4, -0.2) is 36.1 Å². The average molecular weight is 289 g/mol. The van der Waals surface area contributed by atoms with Gasteiger partial charge in [0.15, 0.2) is 0 Å². The number of hydrogen-bond donors (Lipinski definition) is 2. The highest BCUT2D eigenvalue weighted by atomic mass is 16.6. The molecule has 0 spiro atoms. The summed E-state index contributed by atoms with van der Waals surface area (Å²) in [6.45, 7) is 8.36. The molecular formula is C15H21N4O2+. The summed E-state index contributed by atoms with van der Waals surface area (Å²) in [7, 11) is 0. The number of nitro groups is 1. The summed E-state index contributed by atoms with van der Waals surface area (Å²) in [4.78, 5) is 16.5. The second-order valence-electron chi connectivity index (χ2n) is 4.92. The Balaban J connectivity index is 2.21. The van der Waals surface area contributed by atoms with Gasteiger partial charge in [0.2, 0.25) is 0 Å². The van der Waals surface area contributed by atoms with Gasteiger partial charge in [-0.3, -0.25) is 15.1 Å². The SMILES string of the molecule is CC[NH+](CC)CCNc1ccc([N+](=O)[O-])c2cccnc12. The quantitative estimate of drug-likeness (QED) is 0.598. The Morgan fingerprint density at radius 2 is 2.05 bits per heavy atom. The lowest BCUT2D eigenvalue weighted by molar-refractivity contribution is -0.894. The van der Waals surface area contributed by atoms with Gasteiger partial charge in [0.1, 0.15) is 5.52 Å². The van der Waals surface area contributed by atoms with Crippen molar-refractivity contribution in [2.75, 3.05) is 31.5 Å². The van der Waals surface area contributed by atoms with Crippen LogP contribution >= 0.6 is 0 Å². The highest BCUT2D eigenvalue weighted by molar-refractivity contribution is 5.96. The zero-order valence-corrected chi connectivity index (χ0v) is 12.4. The highest BCUT2D eigenvalue weighted by Gasteiger charge is 2.14. The van der Waals surface area contributed by atoms with Crippen LogP contribution in [0.4, 0.5) is 11.4 Å². The van der Waals surface area contributed by atoms with Crippen molar-refractivity contribution in [2.45, 2.75) is 13.8 Å². The number of nitro benzene ring substituents is 1. The fourth-order valence-corrected chi connectivity index (χ4v) is 2.44. The van der Waals surface area contributed by atoms with Crippen molar-refractivity contribution in [1.82, 2.24) is 4.98 Å². The number of non-ortho nitro benzene ring substituents is 1. The van der Waals surface area contributed by atoms with Gasteiger partial charge in [0.25, 0.3) is 5.69 Å². The second-order valence-corrected chi connectivity index (χ2v) is 4.92. The van der Waals surface area contributed by atoms with E-state index < -0.39 is 0 Å². The molecule has 1 aromatic carbocycles. The van der Waals surface area contributed by atoms with Crippen molar-refractivity contribution in [2.24, 2.45) is 0 Å². The van der Waals surface area contributed by atoms with Crippen LogP contribution in [0.1, 0.15) is 13.8 Å². The van der Waals surface area contributed by atoms with Crippen molar-refractivity contribution in [3.05, 3.63) is 40.6 Å². The summed E-state index contributed by atoms with van der Waals surface area (Å²) in [5, 5.41) is 15.0. The summed E-state index contributed by atoms with van der Waals surface area (Å²) in [6.07, 6.45) is 1.66. The standard InChI is InChI=1S/C15H20N4O2/c1-3-18(4-2)11-10-16-13-7-8-14(19(20)21)12-6-5-9-17-15(12)13/h5-9,16H,3-4,10-11H2,1-2H3/p+1. The fraction of sp³-hybridized carbons (Fsp3) is 0.400. The Bertz CT molecular complexity index is 626. The van der Waals surface area contributed by atoms with Crippen LogP contribution < -0.4 is 10.2 Å². The maximum atomic E-state index is 11.1. The van der Waals surface area contributed by atoms with E-state index in [1.807, 2.05) is 0 Å². The summed E-state index contributed by atoms with van der Waals surface area (Å²) in [5.41, 5.74) is 1.60. The number of pyridine rings is 1. The summed E-state index contributed by atoms with van der Waals surface area (Å²) >= 11 is 0. The summed E-state index contributed by atoms with van der Waals surface area (Å²) in [6, 6.07) is 6.74. The molecule has 0 aliphatic carbocycles. The molecule has 1 heterocycles. The maximum Gasteiger partial charge on any atom is 0.278 e. The van der Waals surface area contributed by atoms with Gasteiger partial charge >= 0.3 is 0 Å². The lowest BCUT2D eigenvalue weighted by atomic mass is 10.1. The molecule has 1 aromatic heterocycles. The van der Waals surface area contributed by atoms with E-state index in [4.69, 9.17) is 0 Å². The first-order valence-corrected chi connectivity index (χ1v) is 7.27. The van der Waals surface area contributed by atoms with Gasteiger partial charge in [-0.25, -0.2) is 0 Å². The van der Waals surface area contributed by atoms with Crippen LogP contribution in [0, 0.1) is 10.1 Å². The monoisotopic (exact) mass is 289 g/mol. The summed E-state index contributed by atoms with van der Waals surface area (Å²) < 4.78 is 0. The molecular weight excluding hydrogens is 268 g/mol.